The van der Waals surface area contributed by atoms with Gasteiger partial charge >= 0.3 is 5.97 Å². The molecule has 1 aliphatic heterocycles. The number of amides is 3. The molecule has 3 atom stereocenters. The summed E-state index contributed by atoms with van der Waals surface area (Å²) in [7, 11) is 1.35. The average molecular weight is 475 g/mol. The molecule has 3 aliphatic rings. The van der Waals surface area contributed by atoms with Crippen LogP contribution in [0, 0.1) is 22.7 Å². The summed E-state index contributed by atoms with van der Waals surface area (Å²) in [6, 6.07) is 0. The molecule has 1 N–H and O–H groups in total. The van der Waals surface area contributed by atoms with Crippen molar-refractivity contribution in [1.82, 2.24) is 4.90 Å². The zero-order chi connectivity index (χ0) is 24.1. The number of imide groups is 1. The Bertz CT molecular complexity index is 1010. The number of methoxy groups -OCH3 is 1. The van der Waals surface area contributed by atoms with Crippen molar-refractivity contribution in [2.24, 2.45) is 22.7 Å². The fourth-order valence-electron chi connectivity index (χ4n) is 5.86. The Balaban J connectivity index is 1.40. The minimum absolute atomic E-state index is 0.103. The maximum atomic E-state index is 13.1. The molecule has 2 aliphatic carbocycles. The number of fused-ring (bicyclic) bond motifs is 3. The Labute approximate surface area is 199 Å². The van der Waals surface area contributed by atoms with Crippen molar-refractivity contribution < 1.29 is 23.9 Å². The summed E-state index contributed by atoms with van der Waals surface area (Å²) in [5, 5.41) is 3.44. The molecule has 3 unspecified atom stereocenters. The van der Waals surface area contributed by atoms with Gasteiger partial charge in [0.25, 0.3) is 0 Å². The number of hydrogen-bond donors (Lipinski definition) is 1. The number of nitrogens with zero attached hydrogens (tertiary/aromatic N) is 1. The second kappa shape index (κ2) is 8.53. The number of nitrogens with one attached hydrogen (secondary N) is 1. The standard InChI is InChI=1S/C25H34N2O5S/c1-14-8-9-15-17(13-14)33-20(19(15)22(30)32-5)26-18(28)7-6-12-27-21(29)16-10-11-25(4,23(27)31)24(16,2)3/h14,16H,6-13H2,1-5H3,(H,26,28). The predicted molar refractivity (Wildman–Crippen MR) is 126 cm³/mol. The quantitative estimate of drug-likeness (QED) is 0.493. The Hall–Kier alpha value is -2.22. The van der Waals surface area contributed by atoms with Gasteiger partial charge in [-0.3, -0.25) is 19.3 Å². The van der Waals surface area contributed by atoms with Crippen molar-refractivity contribution in [3.8, 4) is 0 Å². The van der Waals surface area contributed by atoms with Crippen molar-refractivity contribution in [2.75, 3.05) is 19.0 Å². The molecular weight excluding hydrogens is 440 g/mol. The fraction of sp³-hybridized carbons (Fsp3) is 0.680. The van der Waals surface area contributed by atoms with Crippen molar-refractivity contribution in [3.05, 3.63) is 16.0 Å². The van der Waals surface area contributed by atoms with Crippen molar-refractivity contribution in [2.45, 2.75) is 72.6 Å². The largest absolute Gasteiger partial charge is 0.465 e. The van der Waals surface area contributed by atoms with Crippen molar-refractivity contribution in [1.29, 1.82) is 0 Å². The molecule has 1 saturated heterocycles. The maximum absolute atomic E-state index is 13.1. The summed E-state index contributed by atoms with van der Waals surface area (Å²) in [5.74, 6) is -0.456. The zero-order valence-corrected chi connectivity index (χ0v) is 21.0. The van der Waals surface area contributed by atoms with E-state index in [4.69, 9.17) is 4.74 Å². The van der Waals surface area contributed by atoms with Crippen LogP contribution in [0.5, 0.6) is 0 Å². The molecular formula is C25H34N2O5S. The molecule has 1 aromatic rings. The van der Waals surface area contributed by atoms with Gasteiger partial charge < -0.3 is 10.1 Å². The van der Waals surface area contributed by atoms with Crippen molar-refractivity contribution in [3.63, 3.8) is 0 Å². The van der Waals surface area contributed by atoms with E-state index >= 15 is 0 Å². The maximum Gasteiger partial charge on any atom is 0.341 e. The van der Waals surface area contributed by atoms with E-state index in [0.717, 1.165) is 42.5 Å². The summed E-state index contributed by atoms with van der Waals surface area (Å²) in [6.07, 6.45) is 4.74. The summed E-state index contributed by atoms with van der Waals surface area (Å²) < 4.78 is 4.98. The lowest BCUT2D eigenvalue weighted by molar-refractivity contribution is -0.168. The Morgan fingerprint density at radius 3 is 2.64 bits per heavy atom. The first-order chi connectivity index (χ1) is 15.5. The van der Waals surface area contributed by atoms with Crippen LogP contribution in [0.3, 0.4) is 0 Å². The highest BCUT2D eigenvalue weighted by atomic mass is 32.1. The lowest BCUT2D eigenvalue weighted by atomic mass is 9.62. The van der Waals surface area contributed by atoms with Crippen LogP contribution in [0.25, 0.3) is 0 Å². The van der Waals surface area contributed by atoms with Crippen LogP contribution in [-0.4, -0.2) is 42.2 Å². The summed E-state index contributed by atoms with van der Waals surface area (Å²) in [4.78, 5) is 53.8. The van der Waals surface area contributed by atoms with Crippen molar-refractivity contribution >= 4 is 40.0 Å². The third-order valence-electron chi connectivity index (χ3n) is 8.45. The number of carbonyl (C=O) groups excluding carboxylic acids is 4. The lowest BCUT2D eigenvalue weighted by Crippen LogP contribution is -2.59. The first kappa shape index (κ1) is 23.9. The van der Waals surface area contributed by atoms with Gasteiger partial charge in [-0.1, -0.05) is 27.7 Å². The fourth-order valence-corrected chi connectivity index (χ4v) is 7.27. The van der Waals surface area contributed by atoms with E-state index in [1.54, 1.807) is 0 Å². The number of ether oxygens (including phenoxy) is 1. The number of anilines is 1. The molecule has 3 amide bonds. The molecule has 7 nitrogen and oxygen atoms in total. The normalized spacial score (nSPS) is 28.0. The summed E-state index contributed by atoms with van der Waals surface area (Å²) in [6.45, 7) is 8.44. The topological polar surface area (TPSA) is 92.8 Å². The zero-order valence-electron chi connectivity index (χ0n) is 20.2. The number of carbonyl (C=O) groups is 4. The summed E-state index contributed by atoms with van der Waals surface area (Å²) >= 11 is 1.46. The number of likely N-dealkylation sites (tertiary alicyclic amines) is 1. The highest BCUT2D eigenvalue weighted by molar-refractivity contribution is 7.17. The number of hydrogen-bond acceptors (Lipinski definition) is 6. The second-order valence-corrected chi connectivity index (χ2v) is 11.7. The Kier molecular flexibility index (Phi) is 6.18. The van der Waals surface area contributed by atoms with Gasteiger partial charge in [-0.15, -0.1) is 11.3 Å². The van der Waals surface area contributed by atoms with Gasteiger partial charge in [0, 0.05) is 23.8 Å². The molecule has 1 saturated carbocycles. The van der Waals surface area contributed by atoms with Crippen LogP contribution in [0.4, 0.5) is 5.00 Å². The van der Waals surface area contributed by atoms with E-state index < -0.39 is 11.4 Å². The second-order valence-electron chi connectivity index (χ2n) is 10.6. The third-order valence-corrected chi connectivity index (χ3v) is 9.62. The monoisotopic (exact) mass is 474 g/mol. The van der Waals surface area contributed by atoms with E-state index in [-0.39, 0.29) is 42.0 Å². The van der Waals surface area contributed by atoms with Gasteiger partial charge in [-0.05, 0) is 55.4 Å². The lowest BCUT2D eigenvalue weighted by Gasteiger charge is -2.47. The first-order valence-electron chi connectivity index (χ1n) is 11.9. The Morgan fingerprint density at radius 2 is 1.94 bits per heavy atom. The van der Waals surface area contributed by atoms with Gasteiger partial charge in [-0.2, -0.15) is 0 Å². The number of esters is 1. The van der Waals surface area contributed by atoms with Crippen LogP contribution in [-0.2, 0) is 32.0 Å². The number of thiophene rings is 1. The minimum atomic E-state index is -0.531. The van der Waals surface area contributed by atoms with Crippen LogP contribution >= 0.6 is 11.3 Å². The van der Waals surface area contributed by atoms with E-state index in [0.29, 0.717) is 22.9 Å². The molecule has 4 rings (SSSR count). The van der Waals surface area contributed by atoms with Gasteiger partial charge in [0.05, 0.1) is 18.1 Å². The van der Waals surface area contributed by atoms with Gasteiger partial charge in [-0.25, -0.2) is 4.79 Å². The van der Waals surface area contributed by atoms with E-state index in [1.807, 2.05) is 20.8 Å². The molecule has 0 spiro atoms. The van der Waals surface area contributed by atoms with E-state index in [9.17, 15) is 19.2 Å². The van der Waals surface area contributed by atoms with Gasteiger partial charge in [0.1, 0.15) is 5.00 Å². The minimum Gasteiger partial charge on any atom is -0.465 e. The van der Waals surface area contributed by atoms with Crippen LogP contribution in [0.15, 0.2) is 0 Å². The molecule has 8 heteroatoms. The molecule has 1 aromatic heterocycles. The number of rotatable bonds is 6. The smallest absolute Gasteiger partial charge is 0.341 e. The first-order valence-corrected chi connectivity index (χ1v) is 12.7. The van der Waals surface area contributed by atoms with Crippen LogP contribution < -0.4 is 5.32 Å². The SMILES string of the molecule is COC(=O)c1c(NC(=O)CCCN2C(=O)C3CCC(C)(C2=O)C3(C)C)sc2c1CCC(C)C2. The summed E-state index contributed by atoms with van der Waals surface area (Å²) in [5.41, 5.74) is 0.605. The number of piperidine rings is 1. The van der Waals surface area contributed by atoms with Gasteiger partial charge in [0.2, 0.25) is 17.7 Å². The molecule has 2 fully saturated rings. The predicted octanol–water partition coefficient (Wildman–Crippen LogP) is 4.19. The molecule has 180 valence electrons. The van der Waals surface area contributed by atoms with Crippen LogP contribution in [0.2, 0.25) is 0 Å². The van der Waals surface area contributed by atoms with E-state index in [2.05, 4.69) is 12.2 Å². The average Bonchev–Trinajstić information content (AvgIpc) is 3.19. The Morgan fingerprint density at radius 1 is 1.21 bits per heavy atom. The molecule has 0 aromatic carbocycles. The third kappa shape index (κ3) is 3.80. The molecule has 33 heavy (non-hydrogen) atoms. The van der Waals surface area contributed by atoms with Crippen LogP contribution in [0.1, 0.15) is 80.6 Å². The highest BCUT2D eigenvalue weighted by Crippen LogP contribution is 2.60. The highest BCUT2D eigenvalue weighted by Gasteiger charge is 2.64. The molecule has 2 bridgehead atoms. The van der Waals surface area contributed by atoms with E-state index in [1.165, 1.54) is 23.3 Å². The molecule has 0 radical (unpaired) electrons. The molecule has 2 heterocycles. The van der Waals surface area contributed by atoms with Gasteiger partial charge in [0.15, 0.2) is 0 Å².